The smallest absolute Gasteiger partial charge is 0.405 e. The van der Waals surface area contributed by atoms with Crippen molar-refractivity contribution >= 4 is 6.09 Å². The molecule has 0 aromatic rings. The van der Waals surface area contributed by atoms with E-state index in [1.165, 1.54) is 0 Å². The lowest BCUT2D eigenvalue weighted by Crippen LogP contribution is -2.53. The topological polar surface area (TPSA) is 69.6 Å². The highest BCUT2D eigenvalue weighted by Gasteiger charge is 2.38. The third kappa shape index (κ3) is 2.13. The van der Waals surface area contributed by atoms with Gasteiger partial charge in [-0.05, 0) is 19.3 Å². The SMILES string of the molecule is C#CC1(O)CCCCC1NC(=O)O. The lowest BCUT2D eigenvalue weighted by Gasteiger charge is -2.35. The summed E-state index contributed by atoms with van der Waals surface area (Å²) in [5, 5.41) is 20.6. The maximum atomic E-state index is 10.4. The summed E-state index contributed by atoms with van der Waals surface area (Å²) < 4.78 is 0. The van der Waals surface area contributed by atoms with Crippen LogP contribution in [0.2, 0.25) is 0 Å². The van der Waals surface area contributed by atoms with Crippen LogP contribution in [0.5, 0.6) is 0 Å². The molecule has 0 aliphatic heterocycles. The van der Waals surface area contributed by atoms with Gasteiger partial charge < -0.3 is 15.5 Å². The number of rotatable bonds is 1. The minimum atomic E-state index is -1.29. The molecule has 1 rings (SSSR count). The number of carboxylic acid groups (broad SMARTS) is 1. The largest absolute Gasteiger partial charge is 0.465 e. The van der Waals surface area contributed by atoms with Crippen LogP contribution >= 0.6 is 0 Å². The second-order valence-corrected chi connectivity index (χ2v) is 3.32. The highest BCUT2D eigenvalue weighted by molar-refractivity contribution is 5.65. The number of terminal acetylenes is 1. The first-order valence-electron chi connectivity index (χ1n) is 4.28. The summed E-state index contributed by atoms with van der Waals surface area (Å²) >= 11 is 0. The van der Waals surface area contributed by atoms with E-state index in [1.54, 1.807) is 0 Å². The van der Waals surface area contributed by atoms with Crippen LogP contribution in [0.25, 0.3) is 0 Å². The Morgan fingerprint density at radius 2 is 2.31 bits per heavy atom. The molecule has 0 bridgehead atoms. The van der Waals surface area contributed by atoms with Crippen LogP contribution in [-0.2, 0) is 0 Å². The Labute approximate surface area is 77.0 Å². The fourth-order valence-electron chi connectivity index (χ4n) is 1.67. The van der Waals surface area contributed by atoms with Gasteiger partial charge in [-0.25, -0.2) is 4.79 Å². The third-order valence-electron chi connectivity index (χ3n) is 2.42. The molecule has 1 amide bonds. The Morgan fingerprint density at radius 1 is 1.62 bits per heavy atom. The maximum absolute atomic E-state index is 10.4. The molecular weight excluding hydrogens is 170 g/mol. The first-order valence-corrected chi connectivity index (χ1v) is 4.28. The number of aliphatic hydroxyl groups is 1. The molecule has 0 aromatic heterocycles. The molecular formula is C9H13NO3. The molecule has 0 aromatic carbocycles. The van der Waals surface area contributed by atoms with E-state index >= 15 is 0 Å². The Hall–Kier alpha value is -1.21. The Balaban J connectivity index is 2.69. The van der Waals surface area contributed by atoms with E-state index in [-0.39, 0.29) is 0 Å². The van der Waals surface area contributed by atoms with Crippen molar-refractivity contribution in [3.8, 4) is 12.3 Å². The lowest BCUT2D eigenvalue weighted by molar-refractivity contribution is 0.0269. The van der Waals surface area contributed by atoms with Crippen LogP contribution in [0.4, 0.5) is 4.79 Å². The number of nitrogens with one attached hydrogen (secondary N) is 1. The van der Waals surface area contributed by atoms with Crippen LogP contribution < -0.4 is 5.32 Å². The summed E-state index contributed by atoms with van der Waals surface area (Å²) in [6, 6.07) is -0.524. The normalized spacial score (nSPS) is 33.4. The molecule has 72 valence electrons. The average molecular weight is 183 g/mol. The quantitative estimate of drug-likeness (QED) is 0.520. The summed E-state index contributed by atoms with van der Waals surface area (Å²) in [6.07, 6.45) is 6.85. The van der Waals surface area contributed by atoms with Gasteiger partial charge in [-0.1, -0.05) is 12.3 Å². The zero-order valence-electron chi connectivity index (χ0n) is 7.29. The number of amides is 1. The predicted molar refractivity (Wildman–Crippen MR) is 47.2 cm³/mol. The van der Waals surface area contributed by atoms with E-state index in [0.29, 0.717) is 12.8 Å². The van der Waals surface area contributed by atoms with Crippen molar-refractivity contribution in [2.24, 2.45) is 0 Å². The van der Waals surface area contributed by atoms with Crippen LogP contribution in [0, 0.1) is 12.3 Å². The highest BCUT2D eigenvalue weighted by atomic mass is 16.4. The van der Waals surface area contributed by atoms with Crippen molar-refractivity contribution in [2.75, 3.05) is 0 Å². The maximum Gasteiger partial charge on any atom is 0.405 e. The van der Waals surface area contributed by atoms with E-state index in [1.807, 2.05) is 0 Å². The Kier molecular flexibility index (Phi) is 2.79. The summed E-state index contributed by atoms with van der Waals surface area (Å²) in [4.78, 5) is 10.4. The lowest BCUT2D eigenvalue weighted by atomic mass is 9.81. The van der Waals surface area contributed by atoms with E-state index in [4.69, 9.17) is 11.5 Å². The van der Waals surface area contributed by atoms with Crippen molar-refractivity contribution in [3.05, 3.63) is 0 Å². The standard InChI is InChI=1S/C9H13NO3/c1-2-9(13)6-4-3-5-7(9)10-8(11)12/h1,7,10,13H,3-6H2,(H,11,12). The summed E-state index contributed by atoms with van der Waals surface area (Å²) in [6.45, 7) is 0. The van der Waals surface area contributed by atoms with Crippen LogP contribution in [0.3, 0.4) is 0 Å². The summed E-state index contributed by atoms with van der Waals surface area (Å²) in [5.41, 5.74) is -1.29. The number of hydrogen-bond donors (Lipinski definition) is 3. The minimum absolute atomic E-state index is 0.467. The first-order chi connectivity index (χ1) is 6.08. The van der Waals surface area contributed by atoms with Gasteiger partial charge in [0.2, 0.25) is 0 Å². The molecule has 0 radical (unpaired) electrons. The summed E-state index contributed by atoms with van der Waals surface area (Å²) in [7, 11) is 0. The van der Waals surface area contributed by atoms with Crippen LogP contribution in [0.15, 0.2) is 0 Å². The monoisotopic (exact) mass is 183 g/mol. The van der Waals surface area contributed by atoms with Crippen LogP contribution in [-0.4, -0.2) is 27.9 Å². The van der Waals surface area contributed by atoms with E-state index in [0.717, 1.165) is 12.8 Å². The molecule has 0 spiro atoms. The van der Waals surface area contributed by atoms with Gasteiger partial charge >= 0.3 is 6.09 Å². The van der Waals surface area contributed by atoms with Crippen LogP contribution in [0.1, 0.15) is 25.7 Å². The first kappa shape index (κ1) is 9.87. The van der Waals surface area contributed by atoms with Crippen molar-refractivity contribution in [1.82, 2.24) is 5.32 Å². The number of hydrogen-bond acceptors (Lipinski definition) is 2. The average Bonchev–Trinajstić information content (AvgIpc) is 2.09. The van der Waals surface area contributed by atoms with Gasteiger partial charge in [0, 0.05) is 0 Å². The molecule has 3 N–H and O–H groups in total. The van der Waals surface area contributed by atoms with Gasteiger partial charge in [-0.3, -0.25) is 0 Å². The molecule has 4 nitrogen and oxygen atoms in total. The molecule has 0 heterocycles. The van der Waals surface area contributed by atoms with Crippen molar-refractivity contribution < 1.29 is 15.0 Å². The zero-order valence-corrected chi connectivity index (χ0v) is 7.29. The fraction of sp³-hybridized carbons (Fsp3) is 0.667. The molecule has 0 saturated heterocycles. The van der Waals surface area contributed by atoms with Gasteiger partial charge in [0.15, 0.2) is 0 Å². The van der Waals surface area contributed by atoms with E-state index in [2.05, 4.69) is 11.2 Å². The molecule has 1 aliphatic carbocycles. The van der Waals surface area contributed by atoms with Gasteiger partial charge in [-0.2, -0.15) is 0 Å². The van der Waals surface area contributed by atoms with Crippen molar-refractivity contribution in [3.63, 3.8) is 0 Å². The zero-order chi connectivity index (χ0) is 9.90. The fourth-order valence-corrected chi connectivity index (χ4v) is 1.67. The van der Waals surface area contributed by atoms with Gasteiger partial charge in [0.05, 0.1) is 6.04 Å². The van der Waals surface area contributed by atoms with Gasteiger partial charge in [-0.15, -0.1) is 6.42 Å². The second-order valence-electron chi connectivity index (χ2n) is 3.32. The molecule has 1 saturated carbocycles. The second kappa shape index (κ2) is 3.67. The summed E-state index contributed by atoms with van der Waals surface area (Å²) in [5.74, 6) is 2.27. The predicted octanol–water partition coefficient (Wildman–Crippen LogP) is 0.561. The Morgan fingerprint density at radius 3 is 2.85 bits per heavy atom. The molecule has 1 fully saturated rings. The molecule has 2 unspecified atom stereocenters. The van der Waals surface area contributed by atoms with E-state index < -0.39 is 17.7 Å². The van der Waals surface area contributed by atoms with Crippen molar-refractivity contribution in [1.29, 1.82) is 0 Å². The third-order valence-corrected chi connectivity index (χ3v) is 2.42. The van der Waals surface area contributed by atoms with Gasteiger partial charge in [0.25, 0.3) is 0 Å². The van der Waals surface area contributed by atoms with Gasteiger partial charge in [0.1, 0.15) is 5.60 Å². The molecule has 4 heteroatoms. The molecule has 13 heavy (non-hydrogen) atoms. The number of carbonyl (C=O) groups is 1. The Bertz CT molecular complexity index is 246. The van der Waals surface area contributed by atoms with Crippen molar-refractivity contribution in [2.45, 2.75) is 37.3 Å². The van der Waals surface area contributed by atoms with E-state index in [9.17, 15) is 9.90 Å². The highest BCUT2D eigenvalue weighted by Crippen LogP contribution is 2.27. The molecule has 2 atom stereocenters. The molecule has 1 aliphatic rings. The minimum Gasteiger partial charge on any atom is -0.465 e.